The predicted molar refractivity (Wildman–Crippen MR) is 171 cm³/mol. The van der Waals surface area contributed by atoms with E-state index in [-0.39, 0.29) is 29.5 Å². The quantitative estimate of drug-likeness (QED) is 0.228. The highest BCUT2D eigenvalue weighted by molar-refractivity contribution is 7.92. The fourth-order valence-electron chi connectivity index (χ4n) is 4.87. The lowest BCUT2D eigenvalue weighted by atomic mass is 10.0. The molecule has 7 nitrogen and oxygen atoms in total. The van der Waals surface area contributed by atoms with Gasteiger partial charge in [0, 0.05) is 18.5 Å². The van der Waals surface area contributed by atoms with Crippen LogP contribution in [0.3, 0.4) is 0 Å². The van der Waals surface area contributed by atoms with Crippen LogP contribution in [-0.4, -0.2) is 43.3 Å². The molecule has 0 spiro atoms. The number of rotatable bonds is 11. The lowest BCUT2D eigenvalue weighted by molar-refractivity contribution is -0.140. The Morgan fingerprint density at radius 1 is 0.818 bits per heavy atom. The van der Waals surface area contributed by atoms with Crippen molar-refractivity contribution >= 4 is 27.5 Å². The fraction of sp³-hybridized carbons (Fsp3) is 0.257. The molecule has 0 aliphatic carbocycles. The van der Waals surface area contributed by atoms with E-state index in [0.29, 0.717) is 0 Å². The lowest BCUT2D eigenvalue weighted by Crippen LogP contribution is -2.56. The zero-order chi connectivity index (χ0) is 31.9. The topological polar surface area (TPSA) is 86.8 Å². The highest BCUT2D eigenvalue weighted by Crippen LogP contribution is 2.25. The van der Waals surface area contributed by atoms with E-state index in [1.165, 1.54) is 17.0 Å². The van der Waals surface area contributed by atoms with Gasteiger partial charge >= 0.3 is 0 Å². The number of para-hydroxylation sites is 1. The highest BCUT2D eigenvalue weighted by Gasteiger charge is 2.35. The SMILES string of the molecule is Cc1cccc(CN(C(=O)CN(c2ccccc2)S(=O)(=O)c2ccc(F)cc2)C(Cc2ccccc2)C(=O)NC(C)(C)C)c1. The first-order chi connectivity index (χ1) is 20.8. The van der Waals surface area contributed by atoms with Gasteiger partial charge in [-0.3, -0.25) is 13.9 Å². The fourth-order valence-corrected chi connectivity index (χ4v) is 6.29. The number of nitrogens with zero attached hydrogens (tertiary/aromatic N) is 2. The Labute approximate surface area is 259 Å². The van der Waals surface area contributed by atoms with E-state index in [1.807, 2.05) is 82.3 Å². The van der Waals surface area contributed by atoms with Crippen molar-refractivity contribution < 1.29 is 22.4 Å². The minimum absolute atomic E-state index is 0.0782. The first kappa shape index (κ1) is 32.4. The molecule has 9 heteroatoms. The van der Waals surface area contributed by atoms with Gasteiger partial charge in [-0.2, -0.15) is 0 Å². The summed E-state index contributed by atoms with van der Waals surface area (Å²) in [4.78, 5) is 29.6. The summed E-state index contributed by atoms with van der Waals surface area (Å²) in [6, 6.07) is 28.8. The van der Waals surface area contributed by atoms with Crippen molar-refractivity contribution in [3.05, 3.63) is 132 Å². The molecule has 4 aromatic carbocycles. The third kappa shape index (κ3) is 8.54. The van der Waals surface area contributed by atoms with E-state index in [1.54, 1.807) is 30.3 Å². The smallest absolute Gasteiger partial charge is 0.264 e. The molecule has 0 aliphatic rings. The van der Waals surface area contributed by atoms with Crippen LogP contribution in [0.4, 0.5) is 10.1 Å². The number of hydrogen-bond donors (Lipinski definition) is 1. The van der Waals surface area contributed by atoms with Gasteiger partial charge in [0.1, 0.15) is 18.4 Å². The molecule has 0 bridgehead atoms. The molecular formula is C35H38FN3O4S. The standard InChI is InChI=1S/C35H38FN3O4S/c1-26-12-11-15-28(22-26)24-38(32(34(41)37-35(2,3)4)23-27-13-7-5-8-14-27)33(40)25-39(30-16-9-6-10-17-30)44(42,43)31-20-18-29(36)19-21-31/h5-22,32H,23-25H2,1-4H3,(H,37,41). The van der Waals surface area contributed by atoms with Gasteiger partial charge < -0.3 is 10.2 Å². The van der Waals surface area contributed by atoms with Gasteiger partial charge in [-0.05, 0) is 75.2 Å². The molecule has 44 heavy (non-hydrogen) atoms. The summed E-state index contributed by atoms with van der Waals surface area (Å²) in [6.45, 7) is 7.03. The summed E-state index contributed by atoms with van der Waals surface area (Å²) in [7, 11) is -4.29. The predicted octanol–water partition coefficient (Wildman–Crippen LogP) is 5.88. The molecule has 0 heterocycles. The number of aryl methyl sites for hydroxylation is 1. The number of benzene rings is 4. The van der Waals surface area contributed by atoms with E-state index in [0.717, 1.165) is 33.1 Å². The maximum Gasteiger partial charge on any atom is 0.264 e. The Kier molecular flexibility index (Phi) is 10.2. The molecule has 0 aliphatic heterocycles. The number of sulfonamides is 1. The molecule has 2 amide bonds. The first-order valence-corrected chi connectivity index (χ1v) is 15.8. The number of amides is 2. The van der Waals surface area contributed by atoms with Crippen LogP contribution in [0, 0.1) is 12.7 Å². The highest BCUT2D eigenvalue weighted by atomic mass is 32.2. The maximum absolute atomic E-state index is 14.4. The second-order valence-electron chi connectivity index (χ2n) is 11.8. The zero-order valence-electron chi connectivity index (χ0n) is 25.4. The van der Waals surface area contributed by atoms with Crippen LogP contribution in [0.2, 0.25) is 0 Å². The minimum Gasteiger partial charge on any atom is -0.350 e. The van der Waals surface area contributed by atoms with Crippen molar-refractivity contribution in [3.63, 3.8) is 0 Å². The van der Waals surface area contributed by atoms with E-state index < -0.39 is 39.9 Å². The molecule has 1 N–H and O–H groups in total. The monoisotopic (exact) mass is 615 g/mol. The van der Waals surface area contributed by atoms with Gasteiger partial charge in [0.25, 0.3) is 10.0 Å². The van der Waals surface area contributed by atoms with Gasteiger partial charge in [-0.15, -0.1) is 0 Å². The normalized spacial score (nSPS) is 12.3. The third-order valence-electron chi connectivity index (χ3n) is 6.93. The van der Waals surface area contributed by atoms with Crippen molar-refractivity contribution in [3.8, 4) is 0 Å². The molecule has 0 saturated heterocycles. The molecule has 0 fully saturated rings. The molecule has 4 rings (SSSR count). The van der Waals surface area contributed by atoms with Crippen molar-refractivity contribution in [2.45, 2.75) is 57.1 Å². The first-order valence-electron chi connectivity index (χ1n) is 14.4. The summed E-state index contributed by atoms with van der Waals surface area (Å²) in [6.07, 6.45) is 0.219. The van der Waals surface area contributed by atoms with E-state index in [2.05, 4.69) is 5.32 Å². The molecule has 0 radical (unpaired) electrons. The summed E-state index contributed by atoms with van der Waals surface area (Å²) in [5.41, 5.74) is 2.32. The van der Waals surface area contributed by atoms with Crippen molar-refractivity contribution in [1.29, 1.82) is 0 Å². The number of carbonyl (C=O) groups excluding carboxylic acids is 2. The van der Waals surface area contributed by atoms with Crippen LogP contribution >= 0.6 is 0 Å². The van der Waals surface area contributed by atoms with Crippen LogP contribution in [0.1, 0.15) is 37.5 Å². The van der Waals surface area contributed by atoms with Crippen LogP contribution in [0.25, 0.3) is 0 Å². The number of nitrogens with one attached hydrogen (secondary N) is 1. The lowest BCUT2D eigenvalue weighted by Gasteiger charge is -2.35. The Morgan fingerprint density at radius 3 is 2.00 bits per heavy atom. The van der Waals surface area contributed by atoms with E-state index in [4.69, 9.17) is 0 Å². The van der Waals surface area contributed by atoms with Gasteiger partial charge in [0.15, 0.2) is 0 Å². The third-order valence-corrected chi connectivity index (χ3v) is 8.72. The summed E-state index contributed by atoms with van der Waals surface area (Å²) in [5.74, 6) is -1.50. The molecule has 1 atom stereocenters. The summed E-state index contributed by atoms with van der Waals surface area (Å²) >= 11 is 0. The molecular weight excluding hydrogens is 577 g/mol. The summed E-state index contributed by atoms with van der Waals surface area (Å²) < 4.78 is 42.6. The second-order valence-corrected chi connectivity index (χ2v) is 13.6. The Bertz CT molecular complexity index is 1670. The summed E-state index contributed by atoms with van der Waals surface area (Å²) in [5, 5.41) is 3.02. The molecule has 0 aromatic heterocycles. The van der Waals surface area contributed by atoms with Crippen LogP contribution in [-0.2, 0) is 32.6 Å². The zero-order valence-corrected chi connectivity index (χ0v) is 26.2. The second kappa shape index (κ2) is 13.9. The number of halogens is 1. The van der Waals surface area contributed by atoms with Gasteiger partial charge in [-0.1, -0.05) is 78.4 Å². The average Bonchev–Trinajstić information content (AvgIpc) is 2.98. The number of hydrogen-bond acceptors (Lipinski definition) is 4. The largest absolute Gasteiger partial charge is 0.350 e. The Balaban J connectivity index is 1.80. The van der Waals surface area contributed by atoms with Crippen molar-refractivity contribution in [2.24, 2.45) is 0 Å². The van der Waals surface area contributed by atoms with Crippen molar-refractivity contribution in [1.82, 2.24) is 10.2 Å². The number of carbonyl (C=O) groups is 2. The van der Waals surface area contributed by atoms with E-state index in [9.17, 15) is 22.4 Å². The average molecular weight is 616 g/mol. The molecule has 4 aromatic rings. The maximum atomic E-state index is 14.4. The number of anilines is 1. The molecule has 1 unspecified atom stereocenters. The van der Waals surface area contributed by atoms with Crippen LogP contribution < -0.4 is 9.62 Å². The Morgan fingerprint density at radius 2 is 1.41 bits per heavy atom. The molecule has 230 valence electrons. The van der Waals surface area contributed by atoms with Gasteiger partial charge in [0.2, 0.25) is 11.8 Å². The minimum atomic E-state index is -4.29. The van der Waals surface area contributed by atoms with Crippen molar-refractivity contribution in [2.75, 3.05) is 10.8 Å². The van der Waals surface area contributed by atoms with Gasteiger partial charge in [0.05, 0.1) is 10.6 Å². The molecule has 0 saturated carbocycles. The van der Waals surface area contributed by atoms with E-state index >= 15 is 0 Å². The van der Waals surface area contributed by atoms with Crippen LogP contribution in [0.15, 0.2) is 114 Å². The van der Waals surface area contributed by atoms with Gasteiger partial charge in [-0.25, -0.2) is 12.8 Å². The van der Waals surface area contributed by atoms with Crippen LogP contribution in [0.5, 0.6) is 0 Å². The Hall–Kier alpha value is -4.50.